The molecule has 0 spiro atoms. The van der Waals surface area contributed by atoms with E-state index in [-0.39, 0.29) is 11.8 Å². The van der Waals surface area contributed by atoms with Gasteiger partial charge in [0.25, 0.3) is 11.6 Å². The molecule has 8 heteroatoms. The molecule has 0 unspecified atom stereocenters. The lowest BCUT2D eigenvalue weighted by Crippen LogP contribution is -2.43. The minimum atomic E-state index is -0.281. The van der Waals surface area contributed by atoms with Crippen LogP contribution < -0.4 is 10.2 Å². The zero-order valence-electron chi connectivity index (χ0n) is 17.4. The van der Waals surface area contributed by atoms with Crippen molar-refractivity contribution >= 4 is 45.6 Å². The van der Waals surface area contributed by atoms with Crippen LogP contribution in [0, 0.1) is 20.8 Å². The van der Waals surface area contributed by atoms with Gasteiger partial charge in [0.1, 0.15) is 0 Å². The van der Waals surface area contributed by atoms with Crippen LogP contribution in [-0.2, 0) is 4.79 Å². The molecule has 4 aromatic rings. The first-order valence-corrected chi connectivity index (χ1v) is 10.8. The molecule has 4 heterocycles. The van der Waals surface area contributed by atoms with Crippen LogP contribution in [0.1, 0.15) is 32.2 Å². The molecule has 1 aliphatic heterocycles. The summed E-state index contributed by atoms with van der Waals surface area (Å²) in [7, 11) is 0. The molecule has 0 radical (unpaired) electrons. The minimum absolute atomic E-state index is 0.0884. The summed E-state index contributed by atoms with van der Waals surface area (Å²) < 4.78 is 5.40. The summed E-state index contributed by atoms with van der Waals surface area (Å²) in [6.45, 7) is 6.57. The van der Waals surface area contributed by atoms with Crippen LogP contribution in [0.4, 0.5) is 11.4 Å². The molecule has 3 aromatic heterocycles. The van der Waals surface area contributed by atoms with Crippen molar-refractivity contribution in [3.05, 3.63) is 57.4 Å². The van der Waals surface area contributed by atoms with Gasteiger partial charge in [0, 0.05) is 39.7 Å². The van der Waals surface area contributed by atoms with Gasteiger partial charge < -0.3 is 14.7 Å². The quantitative estimate of drug-likeness (QED) is 0.465. The number of nitrogens with one attached hydrogen (secondary N) is 1. The maximum atomic E-state index is 13.3. The zero-order chi connectivity index (χ0) is 21.7. The fraction of sp³-hybridized carbons (Fsp3) is 0.217. The number of aryl methyl sites for hydroxylation is 3. The first-order chi connectivity index (χ1) is 14.9. The highest BCUT2D eigenvalue weighted by atomic mass is 32.1. The Morgan fingerprint density at radius 3 is 2.71 bits per heavy atom. The number of aromatic nitrogens is 2. The number of nitrogens with zero attached hydrogens (tertiary/aromatic N) is 3. The molecule has 0 aliphatic carbocycles. The van der Waals surface area contributed by atoms with Gasteiger partial charge in [0.05, 0.1) is 22.3 Å². The van der Waals surface area contributed by atoms with Crippen LogP contribution in [0.3, 0.4) is 0 Å². The topological polar surface area (TPSA) is 88.3 Å². The van der Waals surface area contributed by atoms with Crippen molar-refractivity contribution in [3.63, 3.8) is 0 Å². The van der Waals surface area contributed by atoms with Gasteiger partial charge in [-0.25, -0.2) is 4.98 Å². The van der Waals surface area contributed by atoms with Crippen molar-refractivity contribution in [2.24, 2.45) is 0 Å². The molecule has 1 aliphatic rings. The summed E-state index contributed by atoms with van der Waals surface area (Å²) in [6.07, 6.45) is 0.558. The summed E-state index contributed by atoms with van der Waals surface area (Å²) in [6, 6.07) is 11.2. The van der Waals surface area contributed by atoms with Gasteiger partial charge in [-0.2, -0.15) is 0 Å². The lowest BCUT2D eigenvalue weighted by molar-refractivity contribution is -0.122. The number of amides is 2. The number of pyridine rings is 1. The Labute approximate surface area is 182 Å². The maximum absolute atomic E-state index is 13.3. The largest absolute Gasteiger partial charge is 0.335 e. The molecule has 1 N–H and O–H groups in total. The van der Waals surface area contributed by atoms with E-state index in [0.29, 0.717) is 46.7 Å². The second-order valence-corrected chi connectivity index (χ2v) is 9.09. The highest BCUT2D eigenvalue weighted by Gasteiger charge is 2.25. The second-order valence-electron chi connectivity index (χ2n) is 7.63. The summed E-state index contributed by atoms with van der Waals surface area (Å²) in [5.74, 6) is -0.192. The molecule has 2 amide bonds. The van der Waals surface area contributed by atoms with Crippen LogP contribution in [0.25, 0.3) is 22.4 Å². The Morgan fingerprint density at radius 2 is 2.03 bits per heavy atom. The van der Waals surface area contributed by atoms with Crippen LogP contribution in [0.2, 0.25) is 0 Å². The Bertz CT molecular complexity index is 1350. The second kappa shape index (κ2) is 7.31. The lowest BCUT2D eigenvalue weighted by atomic mass is 10.1. The number of carbonyl (C=O) groups is 2. The van der Waals surface area contributed by atoms with Gasteiger partial charge in [-0.05, 0) is 51.1 Å². The van der Waals surface area contributed by atoms with E-state index in [1.54, 1.807) is 41.4 Å². The smallest absolute Gasteiger partial charge is 0.259 e. The fourth-order valence-corrected chi connectivity index (χ4v) is 4.77. The average Bonchev–Trinajstić information content (AvgIpc) is 3.27. The van der Waals surface area contributed by atoms with Crippen LogP contribution in [-0.4, -0.2) is 28.5 Å². The third-order valence-electron chi connectivity index (χ3n) is 5.44. The first kappa shape index (κ1) is 19.4. The fourth-order valence-electron chi connectivity index (χ4n) is 3.83. The molecule has 5 rings (SSSR count). The number of benzene rings is 1. The van der Waals surface area contributed by atoms with E-state index in [2.05, 4.69) is 21.5 Å². The summed E-state index contributed by atoms with van der Waals surface area (Å²) in [5.41, 5.74) is 4.44. The SMILES string of the molecule is Cc1cc(-c2cc(C(=O)Nc3cccc(N4CCC4=O)c3)c3c(C)noc3n2)c(C)s1. The number of carbonyl (C=O) groups excluding carboxylic acids is 2. The van der Waals surface area contributed by atoms with Crippen LogP contribution >= 0.6 is 11.3 Å². The molecule has 0 saturated carbocycles. The number of anilines is 2. The Morgan fingerprint density at radius 1 is 1.19 bits per heavy atom. The number of rotatable bonds is 4. The van der Waals surface area contributed by atoms with E-state index in [1.165, 1.54) is 4.88 Å². The summed E-state index contributed by atoms with van der Waals surface area (Å²) in [5, 5.41) is 7.56. The van der Waals surface area contributed by atoms with Gasteiger partial charge in [-0.15, -0.1) is 11.3 Å². The number of hydrogen-bond donors (Lipinski definition) is 1. The molecule has 1 aromatic carbocycles. The Kier molecular flexibility index (Phi) is 4.59. The molecular formula is C23H20N4O3S. The molecular weight excluding hydrogens is 412 g/mol. The molecule has 1 saturated heterocycles. The van der Waals surface area contributed by atoms with Gasteiger partial charge in [-0.3, -0.25) is 9.59 Å². The summed E-state index contributed by atoms with van der Waals surface area (Å²) in [4.78, 5) is 33.7. The van der Waals surface area contributed by atoms with Crippen molar-refractivity contribution < 1.29 is 14.1 Å². The number of fused-ring (bicyclic) bond motifs is 1. The Balaban J connectivity index is 1.54. The monoisotopic (exact) mass is 432 g/mol. The van der Waals surface area contributed by atoms with Gasteiger partial charge in [0.2, 0.25) is 5.91 Å². The zero-order valence-corrected chi connectivity index (χ0v) is 18.2. The number of hydrogen-bond acceptors (Lipinski definition) is 6. The molecule has 0 atom stereocenters. The highest BCUT2D eigenvalue weighted by Crippen LogP contribution is 2.33. The van der Waals surface area contributed by atoms with E-state index in [1.807, 2.05) is 26.0 Å². The normalized spacial score (nSPS) is 13.5. The highest BCUT2D eigenvalue weighted by molar-refractivity contribution is 7.12. The van der Waals surface area contributed by atoms with E-state index >= 15 is 0 Å². The number of β-lactam (4-membered cyclic amide) rings is 1. The maximum Gasteiger partial charge on any atom is 0.259 e. The first-order valence-electron chi connectivity index (χ1n) is 9.97. The van der Waals surface area contributed by atoms with Gasteiger partial charge in [0.15, 0.2) is 0 Å². The number of thiophene rings is 1. The van der Waals surface area contributed by atoms with E-state index in [0.717, 1.165) is 16.1 Å². The predicted molar refractivity (Wildman–Crippen MR) is 121 cm³/mol. The molecule has 0 bridgehead atoms. The third-order valence-corrected chi connectivity index (χ3v) is 6.41. The van der Waals surface area contributed by atoms with Crippen LogP contribution in [0.5, 0.6) is 0 Å². The third kappa shape index (κ3) is 3.38. The molecule has 31 heavy (non-hydrogen) atoms. The van der Waals surface area contributed by atoms with Crippen molar-refractivity contribution in [2.75, 3.05) is 16.8 Å². The van der Waals surface area contributed by atoms with Crippen molar-refractivity contribution in [3.8, 4) is 11.3 Å². The van der Waals surface area contributed by atoms with E-state index in [4.69, 9.17) is 4.52 Å². The predicted octanol–water partition coefficient (Wildman–Crippen LogP) is 4.87. The lowest BCUT2D eigenvalue weighted by Gasteiger charge is -2.30. The molecule has 7 nitrogen and oxygen atoms in total. The van der Waals surface area contributed by atoms with E-state index in [9.17, 15) is 9.59 Å². The van der Waals surface area contributed by atoms with Crippen molar-refractivity contribution in [2.45, 2.75) is 27.2 Å². The minimum Gasteiger partial charge on any atom is -0.335 e. The van der Waals surface area contributed by atoms with E-state index < -0.39 is 0 Å². The van der Waals surface area contributed by atoms with Crippen molar-refractivity contribution in [1.82, 2.24) is 10.1 Å². The average molecular weight is 433 g/mol. The van der Waals surface area contributed by atoms with Crippen LogP contribution in [0.15, 0.2) is 40.9 Å². The van der Waals surface area contributed by atoms with Crippen molar-refractivity contribution in [1.29, 1.82) is 0 Å². The summed E-state index contributed by atoms with van der Waals surface area (Å²) >= 11 is 1.68. The molecule has 1 fully saturated rings. The van der Waals surface area contributed by atoms with Gasteiger partial charge >= 0.3 is 0 Å². The standard InChI is InChI=1S/C23H20N4O3S/c1-12-9-17(14(3)31-12)19-11-18(21-13(2)26-30-23(21)25-19)22(29)24-15-5-4-6-16(10-15)27-8-7-20(27)28/h4-6,9-11H,7-8H2,1-3H3,(H,24,29). The molecule has 156 valence electrons. The van der Waals surface area contributed by atoms with Gasteiger partial charge in [-0.1, -0.05) is 11.2 Å². The Hall–Kier alpha value is -3.52.